The molecule has 1 N–H and O–H groups in total. The molecule has 33 heavy (non-hydrogen) atoms. The van der Waals surface area contributed by atoms with Gasteiger partial charge in [0.05, 0.1) is 0 Å². The first-order chi connectivity index (χ1) is 15.9. The van der Waals surface area contributed by atoms with Gasteiger partial charge in [0, 0.05) is 5.92 Å². The number of ether oxygens (including phenoxy) is 2. The van der Waals surface area contributed by atoms with Crippen molar-refractivity contribution in [2.45, 2.75) is 33.6 Å². The fraction of sp³-hybridized carbons (Fsp3) is 0.280. The Bertz CT molecular complexity index is 1190. The predicted molar refractivity (Wildman–Crippen MR) is 130 cm³/mol. The number of nitriles is 1. The van der Waals surface area contributed by atoms with Gasteiger partial charge in [-0.3, -0.25) is 10.1 Å². The van der Waals surface area contributed by atoms with Gasteiger partial charge in [-0.1, -0.05) is 55.0 Å². The molecule has 3 rings (SSSR count). The van der Waals surface area contributed by atoms with E-state index in [-0.39, 0.29) is 11.5 Å². The number of carbonyl (C=O) groups is 1. The molecule has 0 aliphatic heterocycles. The molecule has 0 saturated carbocycles. The third kappa shape index (κ3) is 6.89. The minimum atomic E-state index is -0.530. The van der Waals surface area contributed by atoms with Crippen LogP contribution in [0.5, 0.6) is 11.5 Å². The van der Waals surface area contributed by atoms with Crippen molar-refractivity contribution < 1.29 is 14.3 Å². The molecule has 170 valence electrons. The lowest BCUT2D eigenvalue weighted by Crippen LogP contribution is -2.13. The summed E-state index contributed by atoms with van der Waals surface area (Å²) in [6.07, 6.45) is 1.51. The molecule has 0 aliphatic carbocycles. The molecule has 8 heteroatoms. The molecule has 1 heterocycles. The maximum atomic E-state index is 12.5. The number of aromatic nitrogens is 2. The standard InChI is InChI=1S/C25H26N4O3S/c1-16(2)24-28-29-25(33-24)27-23(30)20(15-26)13-19-6-5-7-21(14-19)31-10-11-32-22-9-8-17(3)12-18(22)4/h5-9,12-14,16H,10-11H2,1-4H3,(H,27,29,30)/b20-13-. The van der Waals surface area contributed by atoms with E-state index in [2.05, 4.69) is 21.6 Å². The van der Waals surface area contributed by atoms with Gasteiger partial charge in [-0.05, 0) is 49.2 Å². The number of nitrogens with one attached hydrogen (secondary N) is 1. The zero-order valence-electron chi connectivity index (χ0n) is 19.1. The van der Waals surface area contributed by atoms with E-state index in [0.717, 1.165) is 16.3 Å². The summed E-state index contributed by atoms with van der Waals surface area (Å²) in [5.74, 6) is 1.14. The maximum absolute atomic E-state index is 12.5. The molecule has 0 radical (unpaired) electrons. The summed E-state index contributed by atoms with van der Waals surface area (Å²) in [4.78, 5) is 12.5. The van der Waals surface area contributed by atoms with Gasteiger partial charge < -0.3 is 9.47 Å². The molecule has 0 bridgehead atoms. The number of aryl methyl sites for hydroxylation is 2. The summed E-state index contributed by atoms with van der Waals surface area (Å²) in [6, 6.07) is 15.2. The third-order valence-corrected chi connectivity index (χ3v) is 5.77. The largest absolute Gasteiger partial charge is 0.490 e. The molecule has 0 atom stereocenters. The highest BCUT2D eigenvalue weighted by molar-refractivity contribution is 7.15. The first-order valence-electron chi connectivity index (χ1n) is 10.5. The lowest BCUT2D eigenvalue weighted by Gasteiger charge is -2.11. The van der Waals surface area contributed by atoms with E-state index in [9.17, 15) is 10.1 Å². The van der Waals surface area contributed by atoms with Crippen molar-refractivity contribution in [2.24, 2.45) is 0 Å². The zero-order chi connectivity index (χ0) is 23.8. The van der Waals surface area contributed by atoms with Gasteiger partial charge in [-0.25, -0.2) is 0 Å². The first-order valence-corrected chi connectivity index (χ1v) is 11.4. The van der Waals surface area contributed by atoms with Crippen LogP contribution in [0.4, 0.5) is 5.13 Å². The van der Waals surface area contributed by atoms with E-state index in [1.54, 1.807) is 18.2 Å². The van der Waals surface area contributed by atoms with E-state index >= 15 is 0 Å². The second-order valence-corrected chi connectivity index (χ2v) is 8.77. The quantitative estimate of drug-likeness (QED) is 0.264. The zero-order valence-corrected chi connectivity index (χ0v) is 19.9. The van der Waals surface area contributed by atoms with E-state index in [1.165, 1.54) is 23.0 Å². The number of hydrogen-bond acceptors (Lipinski definition) is 7. The number of carbonyl (C=O) groups excluding carboxylic acids is 1. The number of nitrogens with zero attached hydrogens (tertiary/aromatic N) is 3. The van der Waals surface area contributed by atoms with Crippen molar-refractivity contribution in [1.29, 1.82) is 5.26 Å². The lowest BCUT2D eigenvalue weighted by atomic mass is 10.1. The highest BCUT2D eigenvalue weighted by Crippen LogP contribution is 2.23. The summed E-state index contributed by atoms with van der Waals surface area (Å²) in [7, 11) is 0. The van der Waals surface area contributed by atoms with Gasteiger partial charge in [0.15, 0.2) is 0 Å². The molecule has 0 aliphatic rings. The van der Waals surface area contributed by atoms with E-state index in [1.807, 2.05) is 52.0 Å². The molecular weight excluding hydrogens is 436 g/mol. The topological polar surface area (TPSA) is 97.1 Å². The number of rotatable bonds is 9. The number of anilines is 1. The smallest absolute Gasteiger partial charge is 0.268 e. The number of amides is 1. The van der Waals surface area contributed by atoms with Crippen LogP contribution < -0.4 is 14.8 Å². The van der Waals surface area contributed by atoms with Crippen LogP contribution in [0, 0.1) is 25.2 Å². The molecule has 7 nitrogen and oxygen atoms in total. The van der Waals surface area contributed by atoms with E-state index < -0.39 is 5.91 Å². The van der Waals surface area contributed by atoms with Crippen molar-refractivity contribution in [3.8, 4) is 17.6 Å². The normalized spacial score (nSPS) is 11.2. The van der Waals surface area contributed by atoms with Crippen LogP contribution in [0.15, 0.2) is 48.0 Å². The molecule has 0 spiro atoms. The molecular formula is C25H26N4O3S. The summed E-state index contributed by atoms with van der Waals surface area (Å²) < 4.78 is 11.6. The van der Waals surface area contributed by atoms with Crippen LogP contribution in [0.2, 0.25) is 0 Å². The van der Waals surface area contributed by atoms with Gasteiger partial charge in [0.25, 0.3) is 5.91 Å². The van der Waals surface area contributed by atoms with Crippen molar-refractivity contribution in [3.05, 3.63) is 69.7 Å². The molecule has 1 amide bonds. The minimum absolute atomic E-state index is 0.0355. The SMILES string of the molecule is Cc1ccc(OCCOc2cccc(/C=C(/C#N)C(=O)Nc3nnc(C(C)C)s3)c2)c(C)c1. The summed E-state index contributed by atoms with van der Waals surface area (Å²) in [5.41, 5.74) is 2.91. The summed E-state index contributed by atoms with van der Waals surface area (Å²) in [6.45, 7) is 8.81. The minimum Gasteiger partial charge on any atom is -0.490 e. The van der Waals surface area contributed by atoms with E-state index in [4.69, 9.17) is 9.47 Å². The Morgan fingerprint density at radius 3 is 2.64 bits per heavy atom. The van der Waals surface area contributed by atoms with Gasteiger partial charge in [-0.15, -0.1) is 10.2 Å². The van der Waals surface area contributed by atoms with Crippen molar-refractivity contribution >= 4 is 28.5 Å². The van der Waals surface area contributed by atoms with Crippen molar-refractivity contribution in [1.82, 2.24) is 10.2 Å². The predicted octanol–water partition coefficient (Wildman–Crippen LogP) is 5.28. The van der Waals surface area contributed by atoms with Crippen molar-refractivity contribution in [2.75, 3.05) is 18.5 Å². The Morgan fingerprint density at radius 2 is 1.94 bits per heavy atom. The highest BCUT2D eigenvalue weighted by Gasteiger charge is 2.14. The van der Waals surface area contributed by atoms with Gasteiger partial charge in [0.2, 0.25) is 5.13 Å². The van der Waals surface area contributed by atoms with Crippen LogP contribution in [0.1, 0.15) is 41.5 Å². The van der Waals surface area contributed by atoms with E-state index in [0.29, 0.717) is 29.7 Å². The Hall–Kier alpha value is -3.70. The van der Waals surface area contributed by atoms with Crippen LogP contribution >= 0.6 is 11.3 Å². The van der Waals surface area contributed by atoms with Gasteiger partial charge in [-0.2, -0.15) is 5.26 Å². The Morgan fingerprint density at radius 1 is 1.15 bits per heavy atom. The number of benzene rings is 2. The fourth-order valence-corrected chi connectivity index (χ4v) is 3.71. The molecule has 1 aromatic heterocycles. The maximum Gasteiger partial charge on any atom is 0.268 e. The first kappa shape index (κ1) is 24.0. The Kier molecular flexibility index (Phi) is 8.17. The van der Waals surface area contributed by atoms with Crippen LogP contribution in [-0.2, 0) is 4.79 Å². The Labute approximate surface area is 197 Å². The van der Waals surface area contributed by atoms with Crippen LogP contribution in [0.3, 0.4) is 0 Å². The monoisotopic (exact) mass is 462 g/mol. The molecule has 0 fully saturated rings. The number of hydrogen-bond donors (Lipinski definition) is 1. The van der Waals surface area contributed by atoms with Gasteiger partial charge >= 0.3 is 0 Å². The van der Waals surface area contributed by atoms with Crippen LogP contribution in [0.25, 0.3) is 6.08 Å². The molecule has 0 saturated heterocycles. The average molecular weight is 463 g/mol. The second kappa shape index (κ2) is 11.2. The third-order valence-electron chi connectivity index (χ3n) is 4.63. The Balaban J connectivity index is 1.58. The highest BCUT2D eigenvalue weighted by atomic mass is 32.1. The van der Waals surface area contributed by atoms with Gasteiger partial charge in [0.1, 0.15) is 41.4 Å². The lowest BCUT2D eigenvalue weighted by molar-refractivity contribution is -0.112. The molecule has 0 unspecified atom stereocenters. The summed E-state index contributed by atoms with van der Waals surface area (Å²) in [5, 5.41) is 21.3. The molecule has 3 aromatic rings. The summed E-state index contributed by atoms with van der Waals surface area (Å²) >= 11 is 1.29. The average Bonchev–Trinajstić information content (AvgIpc) is 3.25. The molecule has 2 aromatic carbocycles. The van der Waals surface area contributed by atoms with Crippen LogP contribution in [-0.4, -0.2) is 29.3 Å². The fourth-order valence-electron chi connectivity index (χ4n) is 2.96. The van der Waals surface area contributed by atoms with Crippen molar-refractivity contribution in [3.63, 3.8) is 0 Å². The second-order valence-electron chi connectivity index (χ2n) is 7.76.